The van der Waals surface area contributed by atoms with Crippen LogP contribution in [0.1, 0.15) is 31.3 Å². The molecule has 0 radical (unpaired) electrons. The average molecular weight is 451 g/mol. The van der Waals surface area contributed by atoms with E-state index in [0.29, 0.717) is 41.4 Å². The Morgan fingerprint density at radius 2 is 1.94 bits per heavy atom. The highest BCUT2D eigenvalue weighted by Gasteiger charge is 2.30. The number of nitrogens with zero attached hydrogens (tertiary/aromatic N) is 4. The Labute approximate surface area is 192 Å². The zero-order chi connectivity index (χ0) is 22.8. The van der Waals surface area contributed by atoms with Crippen LogP contribution in [-0.2, 0) is 11.8 Å². The minimum Gasteiger partial charge on any atom is -0.334 e. The quantitative estimate of drug-likeness (QED) is 0.566. The van der Waals surface area contributed by atoms with E-state index in [1.165, 1.54) is 0 Å². The first-order valence-electron chi connectivity index (χ1n) is 10.8. The van der Waals surface area contributed by atoms with Crippen molar-refractivity contribution in [3.63, 3.8) is 0 Å². The lowest BCUT2D eigenvalue weighted by atomic mass is 10.1. The molecule has 32 heavy (non-hydrogen) atoms. The standard InChI is InChI=1S/C25H27ClN4O2/c1-17-16-29(13-14-30(17)23(31)12-9-19-7-5-4-6-8-19)18(2)24-27-22-11-10-20(26)15-21(22)25(32)28(24)3/h4-12,15,17-18H,13-14,16H2,1-3H3/b12-9+. The molecule has 1 fully saturated rings. The fourth-order valence-electron chi connectivity index (χ4n) is 4.29. The summed E-state index contributed by atoms with van der Waals surface area (Å²) < 4.78 is 1.61. The van der Waals surface area contributed by atoms with E-state index in [1.807, 2.05) is 41.3 Å². The van der Waals surface area contributed by atoms with Crippen LogP contribution in [0, 0.1) is 0 Å². The van der Waals surface area contributed by atoms with Gasteiger partial charge in [0, 0.05) is 43.8 Å². The number of fused-ring (bicyclic) bond motifs is 1. The minimum absolute atomic E-state index is 0.0155. The molecule has 1 aliphatic heterocycles. The van der Waals surface area contributed by atoms with Gasteiger partial charge in [0.1, 0.15) is 5.82 Å². The number of hydrogen-bond donors (Lipinski definition) is 0. The molecule has 166 valence electrons. The van der Waals surface area contributed by atoms with Crippen LogP contribution >= 0.6 is 11.6 Å². The normalized spacial score (nSPS) is 18.4. The minimum atomic E-state index is -0.104. The topological polar surface area (TPSA) is 58.4 Å². The fourth-order valence-corrected chi connectivity index (χ4v) is 4.46. The van der Waals surface area contributed by atoms with Crippen molar-refractivity contribution in [2.75, 3.05) is 19.6 Å². The van der Waals surface area contributed by atoms with E-state index < -0.39 is 0 Å². The lowest BCUT2D eigenvalue weighted by Crippen LogP contribution is -2.54. The van der Waals surface area contributed by atoms with Gasteiger partial charge in [-0.3, -0.25) is 19.1 Å². The smallest absolute Gasteiger partial charge is 0.261 e. The molecule has 0 N–H and O–H groups in total. The molecule has 1 aliphatic rings. The second-order valence-electron chi connectivity index (χ2n) is 8.29. The van der Waals surface area contributed by atoms with Crippen LogP contribution in [-0.4, -0.2) is 50.9 Å². The summed E-state index contributed by atoms with van der Waals surface area (Å²) in [5.41, 5.74) is 1.55. The largest absolute Gasteiger partial charge is 0.334 e. The van der Waals surface area contributed by atoms with E-state index in [9.17, 15) is 9.59 Å². The van der Waals surface area contributed by atoms with Crippen molar-refractivity contribution in [3.8, 4) is 0 Å². The highest BCUT2D eigenvalue weighted by Crippen LogP contribution is 2.24. The molecule has 7 heteroatoms. The molecule has 1 aromatic heterocycles. The number of amides is 1. The molecule has 2 atom stereocenters. The highest BCUT2D eigenvalue weighted by molar-refractivity contribution is 6.31. The van der Waals surface area contributed by atoms with Crippen molar-refractivity contribution in [3.05, 3.63) is 81.4 Å². The predicted octanol–water partition coefficient (Wildman–Crippen LogP) is 3.89. The van der Waals surface area contributed by atoms with Crippen LogP contribution < -0.4 is 5.56 Å². The molecule has 1 saturated heterocycles. The fraction of sp³-hybridized carbons (Fsp3) is 0.320. The first-order chi connectivity index (χ1) is 15.3. The van der Waals surface area contributed by atoms with Gasteiger partial charge in [-0.25, -0.2) is 4.98 Å². The van der Waals surface area contributed by atoms with Crippen LogP contribution in [0.5, 0.6) is 0 Å². The summed E-state index contributed by atoms with van der Waals surface area (Å²) in [6.07, 6.45) is 3.50. The number of rotatable bonds is 4. The third-order valence-corrected chi connectivity index (χ3v) is 6.39. The van der Waals surface area contributed by atoms with Gasteiger partial charge in [-0.1, -0.05) is 41.9 Å². The Hall–Kier alpha value is -2.96. The van der Waals surface area contributed by atoms with Crippen molar-refractivity contribution in [1.82, 2.24) is 19.4 Å². The Kier molecular flexibility index (Phi) is 6.44. The van der Waals surface area contributed by atoms with Gasteiger partial charge in [-0.05, 0) is 43.7 Å². The van der Waals surface area contributed by atoms with Crippen LogP contribution in [0.3, 0.4) is 0 Å². The molecule has 2 aromatic carbocycles. The van der Waals surface area contributed by atoms with Crippen molar-refractivity contribution < 1.29 is 4.79 Å². The summed E-state index contributed by atoms with van der Waals surface area (Å²) in [5.74, 6) is 0.725. The Morgan fingerprint density at radius 3 is 2.66 bits per heavy atom. The summed E-state index contributed by atoms with van der Waals surface area (Å²) in [6, 6.07) is 15.0. The van der Waals surface area contributed by atoms with Gasteiger partial charge in [0.05, 0.1) is 16.9 Å². The summed E-state index contributed by atoms with van der Waals surface area (Å²) in [6.45, 7) is 6.16. The molecule has 0 bridgehead atoms. The highest BCUT2D eigenvalue weighted by atomic mass is 35.5. The number of carbonyl (C=O) groups excluding carboxylic acids is 1. The summed E-state index contributed by atoms with van der Waals surface area (Å²) in [4.78, 5) is 34.6. The molecule has 6 nitrogen and oxygen atoms in total. The van der Waals surface area contributed by atoms with Crippen LogP contribution in [0.15, 0.2) is 59.4 Å². The molecular weight excluding hydrogens is 424 g/mol. The number of carbonyl (C=O) groups is 1. The molecule has 4 rings (SSSR count). The van der Waals surface area contributed by atoms with Gasteiger partial charge < -0.3 is 4.90 Å². The second kappa shape index (κ2) is 9.27. The van der Waals surface area contributed by atoms with E-state index in [0.717, 1.165) is 5.56 Å². The van der Waals surface area contributed by atoms with Gasteiger partial charge in [0.15, 0.2) is 0 Å². The van der Waals surface area contributed by atoms with Gasteiger partial charge in [0.25, 0.3) is 5.56 Å². The number of piperazine rings is 1. The van der Waals surface area contributed by atoms with Crippen molar-refractivity contribution >= 4 is 34.5 Å². The van der Waals surface area contributed by atoms with Gasteiger partial charge in [0.2, 0.25) is 5.91 Å². The number of aromatic nitrogens is 2. The molecule has 2 unspecified atom stereocenters. The Bertz CT molecular complexity index is 1220. The van der Waals surface area contributed by atoms with Crippen molar-refractivity contribution in [1.29, 1.82) is 0 Å². The van der Waals surface area contributed by atoms with E-state index in [-0.39, 0.29) is 23.6 Å². The SMILES string of the molecule is CC(c1nc2ccc(Cl)cc2c(=O)n1C)N1CCN(C(=O)/C=C/c2ccccc2)C(C)C1. The van der Waals surface area contributed by atoms with Crippen LogP contribution in [0.25, 0.3) is 17.0 Å². The summed E-state index contributed by atoms with van der Waals surface area (Å²) in [7, 11) is 1.75. The van der Waals surface area contributed by atoms with Gasteiger partial charge in [-0.15, -0.1) is 0 Å². The molecule has 0 spiro atoms. The number of halogens is 1. The number of hydrogen-bond acceptors (Lipinski definition) is 4. The van der Waals surface area contributed by atoms with E-state index in [2.05, 4.69) is 18.7 Å². The summed E-state index contributed by atoms with van der Waals surface area (Å²) >= 11 is 6.06. The molecule has 0 saturated carbocycles. The van der Waals surface area contributed by atoms with Gasteiger partial charge in [-0.2, -0.15) is 0 Å². The van der Waals surface area contributed by atoms with Crippen LogP contribution in [0.4, 0.5) is 0 Å². The molecular formula is C25H27ClN4O2. The predicted molar refractivity (Wildman–Crippen MR) is 129 cm³/mol. The lowest BCUT2D eigenvalue weighted by molar-refractivity contribution is -0.130. The van der Waals surface area contributed by atoms with E-state index >= 15 is 0 Å². The maximum atomic E-state index is 12.9. The summed E-state index contributed by atoms with van der Waals surface area (Å²) in [5, 5.41) is 1.04. The van der Waals surface area contributed by atoms with Crippen molar-refractivity contribution in [2.24, 2.45) is 7.05 Å². The molecule has 0 aliphatic carbocycles. The van der Waals surface area contributed by atoms with E-state index in [1.54, 1.807) is 35.9 Å². The third-order valence-electron chi connectivity index (χ3n) is 6.15. The maximum absolute atomic E-state index is 12.9. The molecule has 1 amide bonds. The maximum Gasteiger partial charge on any atom is 0.261 e. The lowest BCUT2D eigenvalue weighted by Gasteiger charge is -2.42. The Morgan fingerprint density at radius 1 is 1.19 bits per heavy atom. The first-order valence-corrected chi connectivity index (χ1v) is 11.2. The zero-order valence-corrected chi connectivity index (χ0v) is 19.3. The zero-order valence-electron chi connectivity index (χ0n) is 18.5. The number of benzene rings is 2. The van der Waals surface area contributed by atoms with Gasteiger partial charge >= 0.3 is 0 Å². The Balaban J connectivity index is 1.49. The molecule has 2 heterocycles. The van der Waals surface area contributed by atoms with Crippen LogP contribution in [0.2, 0.25) is 5.02 Å². The average Bonchev–Trinajstić information content (AvgIpc) is 2.80. The third kappa shape index (κ3) is 4.47. The monoisotopic (exact) mass is 450 g/mol. The first kappa shape index (κ1) is 22.2. The molecule has 3 aromatic rings. The second-order valence-corrected chi connectivity index (χ2v) is 8.73. The van der Waals surface area contributed by atoms with Crippen molar-refractivity contribution in [2.45, 2.75) is 25.9 Å². The van der Waals surface area contributed by atoms with E-state index in [4.69, 9.17) is 16.6 Å².